The molecule has 5 nitrogen and oxygen atoms in total. The fourth-order valence-electron chi connectivity index (χ4n) is 1.71. The number of nitrogens with one attached hydrogen (secondary N) is 1. The van der Waals surface area contributed by atoms with Crippen LogP contribution in [0, 0.1) is 12.7 Å². The normalized spacial score (nSPS) is 10.6. The highest BCUT2D eigenvalue weighted by Crippen LogP contribution is 2.25. The summed E-state index contributed by atoms with van der Waals surface area (Å²) < 4.78 is 13.6. The highest BCUT2D eigenvalue weighted by molar-refractivity contribution is 8.01. The number of aliphatic carboxylic acids is 1. The van der Waals surface area contributed by atoms with Crippen molar-refractivity contribution < 1.29 is 14.3 Å². The zero-order valence-electron chi connectivity index (χ0n) is 11.3. The van der Waals surface area contributed by atoms with E-state index in [9.17, 15) is 9.18 Å². The molecule has 0 unspecified atom stereocenters. The van der Waals surface area contributed by atoms with Crippen LogP contribution in [0.25, 0.3) is 0 Å². The molecule has 112 valence electrons. The lowest BCUT2D eigenvalue weighted by molar-refractivity contribution is -0.133. The molecule has 0 fully saturated rings. The van der Waals surface area contributed by atoms with Crippen LogP contribution in [0.5, 0.6) is 0 Å². The van der Waals surface area contributed by atoms with Crippen molar-refractivity contribution in [2.75, 3.05) is 17.6 Å². The molecular weight excluding hydrogens is 313 g/mol. The van der Waals surface area contributed by atoms with Gasteiger partial charge in [0.15, 0.2) is 4.34 Å². The number of thioether (sulfide) groups is 1. The van der Waals surface area contributed by atoms with Crippen LogP contribution in [0.4, 0.5) is 9.52 Å². The Morgan fingerprint density at radius 3 is 3.00 bits per heavy atom. The van der Waals surface area contributed by atoms with Crippen molar-refractivity contribution in [3.05, 3.63) is 35.1 Å². The largest absolute Gasteiger partial charge is 0.481 e. The van der Waals surface area contributed by atoms with Crippen molar-refractivity contribution in [2.45, 2.75) is 17.7 Å². The number of hydrogen-bond acceptors (Lipinski definition) is 6. The lowest BCUT2D eigenvalue weighted by Gasteiger charge is -2.06. The maximum absolute atomic E-state index is 13.0. The summed E-state index contributed by atoms with van der Waals surface area (Å²) in [6.07, 6.45) is 0.753. The van der Waals surface area contributed by atoms with E-state index < -0.39 is 5.97 Å². The number of aromatic nitrogens is 2. The highest BCUT2D eigenvalue weighted by atomic mass is 32.2. The average Bonchev–Trinajstić information content (AvgIpc) is 2.87. The molecule has 1 heterocycles. The van der Waals surface area contributed by atoms with Gasteiger partial charge in [-0.2, -0.15) is 0 Å². The van der Waals surface area contributed by atoms with Crippen LogP contribution in [0.15, 0.2) is 22.5 Å². The Morgan fingerprint density at radius 2 is 2.29 bits per heavy atom. The van der Waals surface area contributed by atoms with Crippen molar-refractivity contribution in [1.29, 1.82) is 0 Å². The first-order valence-electron chi connectivity index (χ1n) is 6.21. The Balaban J connectivity index is 1.82. The topological polar surface area (TPSA) is 75.1 Å². The van der Waals surface area contributed by atoms with Crippen LogP contribution in [0.1, 0.15) is 11.1 Å². The zero-order valence-corrected chi connectivity index (χ0v) is 12.9. The fraction of sp³-hybridized carbons (Fsp3) is 0.308. The monoisotopic (exact) mass is 327 g/mol. The van der Waals surface area contributed by atoms with Gasteiger partial charge in [-0.25, -0.2) is 4.39 Å². The molecule has 0 spiro atoms. The van der Waals surface area contributed by atoms with E-state index in [1.807, 2.05) is 6.92 Å². The maximum Gasteiger partial charge on any atom is 0.313 e. The predicted molar refractivity (Wildman–Crippen MR) is 81.6 cm³/mol. The summed E-state index contributed by atoms with van der Waals surface area (Å²) in [4.78, 5) is 10.5. The molecule has 0 radical (unpaired) electrons. The fourth-order valence-corrected chi connectivity index (χ4v) is 3.20. The summed E-state index contributed by atoms with van der Waals surface area (Å²) in [6.45, 7) is 2.54. The third-order valence-electron chi connectivity index (χ3n) is 2.70. The Morgan fingerprint density at radius 1 is 1.48 bits per heavy atom. The number of hydrogen-bond donors (Lipinski definition) is 2. The van der Waals surface area contributed by atoms with Gasteiger partial charge in [-0.1, -0.05) is 29.2 Å². The number of halogens is 1. The van der Waals surface area contributed by atoms with E-state index in [2.05, 4.69) is 15.5 Å². The maximum atomic E-state index is 13.0. The van der Waals surface area contributed by atoms with Crippen molar-refractivity contribution in [2.24, 2.45) is 0 Å². The van der Waals surface area contributed by atoms with Gasteiger partial charge in [-0.05, 0) is 36.6 Å². The second-order valence-corrected chi connectivity index (χ2v) is 6.50. The Bertz CT molecular complexity index is 634. The van der Waals surface area contributed by atoms with E-state index in [1.54, 1.807) is 6.07 Å². The first-order chi connectivity index (χ1) is 10.0. The van der Waals surface area contributed by atoms with Gasteiger partial charge in [0.05, 0.1) is 5.75 Å². The Kier molecular flexibility index (Phi) is 5.51. The van der Waals surface area contributed by atoms with E-state index in [1.165, 1.54) is 23.5 Å². The van der Waals surface area contributed by atoms with Gasteiger partial charge in [-0.3, -0.25) is 4.79 Å². The molecule has 21 heavy (non-hydrogen) atoms. The predicted octanol–water partition coefficient (Wildman–Crippen LogP) is 2.82. The summed E-state index contributed by atoms with van der Waals surface area (Å²) in [5.41, 5.74) is 2.00. The second kappa shape index (κ2) is 7.37. The number of aryl methyl sites for hydroxylation is 1. The van der Waals surface area contributed by atoms with E-state index in [4.69, 9.17) is 5.11 Å². The average molecular weight is 327 g/mol. The van der Waals surface area contributed by atoms with Crippen LogP contribution in [-0.2, 0) is 11.2 Å². The van der Waals surface area contributed by atoms with E-state index in [0.29, 0.717) is 16.0 Å². The molecule has 0 atom stereocenters. The minimum absolute atomic E-state index is 0.0244. The minimum atomic E-state index is -0.878. The molecule has 2 rings (SSSR count). The number of rotatable bonds is 7. The van der Waals surface area contributed by atoms with Gasteiger partial charge in [0.25, 0.3) is 0 Å². The van der Waals surface area contributed by atoms with Crippen LogP contribution in [0.2, 0.25) is 0 Å². The second-order valence-electron chi connectivity index (χ2n) is 4.30. The summed E-state index contributed by atoms with van der Waals surface area (Å²) in [5.74, 6) is -1.13. The van der Waals surface area contributed by atoms with Gasteiger partial charge < -0.3 is 10.4 Å². The number of carbonyl (C=O) groups is 1. The van der Waals surface area contributed by atoms with Gasteiger partial charge in [0.2, 0.25) is 5.13 Å². The number of carboxylic acids is 1. The van der Waals surface area contributed by atoms with Gasteiger partial charge >= 0.3 is 5.97 Å². The van der Waals surface area contributed by atoms with E-state index in [0.717, 1.165) is 29.3 Å². The number of nitrogens with zero attached hydrogens (tertiary/aromatic N) is 2. The molecule has 2 N–H and O–H groups in total. The first kappa shape index (κ1) is 15.7. The summed E-state index contributed by atoms with van der Waals surface area (Å²) in [6, 6.07) is 4.75. The van der Waals surface area contributed by atoms with Crippen molar-refractivity contribution in [3.8, 4) is 0 Å². The van der Waals surface area contributed by atoms with Gasteiger partial charge in [-0.15, -0.1) is 10.2 Å². The number of carboxylic acid groups (broad SMARTS) is 1. The number of anilines is 1. The number of benzene rings is 1. The van der Waals surface area contributed by atoms with E-state index >= 15 is 0 Å². The van der Waals surface area contributed by atoms with Gasteiger partial charge in [0, 0.05) is 6.54 Å². The molecule has 0 bridgehead atoms. The van der Waals surface area contributed by atoms with Gasteiger partial charge in [0.1, 0.15) is 5.82 Å². The lowest BCUT2D eigenvalue weighted by atomic mass is 10.1. The van der Waals surface area contributed by atoms with Crippen LogP contribution in [0.3, 0.4) is 0 Å². The summed E-state index contributed by atoms with van der Waals surface area (Å²) >= 11 is 2.47. The molecule has 0 aliphatic carbocycles. The van der Waals surface area contributed by atoms with Crippen LogP contribution in [-0.4, -0.2) is 33.6 Å². The molecular formula is C13H14FN3O2S2. The van der Waals surface area contributed by atoms with Crippen molar-refractivity contribution in [1.82, 2.24) is 10.2 Å². The lowest BCUT2D eigenvalue weighted by Crippen LogP contribution is -2.05. The van der Waals surface area contributed by atoms with Crippen molar-refractivity contribution in [3.63, 3.8) is 0 Å². The third kappa shape index (κ3) is 4.98. The van der Waals surface area contributed by atoms with Crippen LogP contribution >= 0.6 is 23.1 Å². The summed E-state index contributed by atoms with van der Waals surface area (Å²) in [7, 11) is 0. The SMILES string of the molecule is Cc1cc(F)ccc1CCNc1nnc(SCC(=O)O)s1. The Hall–Kier alpha value is -1.67. The molecule has 0 saturated carbocycles. The summed E-state index contributed by atoms with van der Waals surface area (Å²) in [5, 5.41) is 20.2. The molecule has 1 aromatic heterocycles. The Labute approximate surface area is 129 Å². The van der Waals surface area contributed by atoms with E-state index in [-0.39, 0.29) is 11.6 Å². The quantitative estimate of drug-likeness (QED) is 0.762. The molecule has 0 amide bonds. The van der Waals surface area contributed by atoms with Crippen molar-refractivity contribution >= 4 is 34.2 Å². The smallest absolute Gasteiger partial charge is 0.313 e. The molecule has 1 aromatic carbocycles. The molecule has 0 aliphatic heterocycles. The highest BCUT2D eigenvalue weighted by Gasteiger charge is 2.07. The molecule has 0 aliphatic rings. The molecule has 2 aromatic rings. The minimum Gasteiger partial charge on any atom is -0.481 e. The first-order valence-corrected chi connectivity index (χ1v) is 8.02. The zero-order chi connectivity index (χ0) is 15.2. The molecule has 8 heteroatoms. The third-order valence-corrected chi connectivity index (χ3v) is 4.70. The van der Waals surface area contributed by atoms with Crippen LogP contribution < -0.4 is 5.32 Å². The standard InChI is InChI=1S/C13H14FN3O2S2/c1-8-6-10(14)3-2-9(8)4-5-15-12-16-17-13(21-12)20-7-11(18)19/h2-3,6H,4-5,7H2,1H3,(H,15,16)(H,18,19). The molecule has 0 saturated heterocycles.